The van der Waals surface area contributed by atoms with E-state index in [1.165, 1.54) is 6.42 Å². The summed E-state index contributed by atoms with van der Waals surface area (Å²) in [6.07, 6.45) is 3.29. The normalized spacial score (nSPS) is 21.8. The van der Waals surface area contributed by atoms with E-state index in [9.17, 15) is 4.79 Å². The van der Waals surface area contributed by atoms with Crippen LogP contribution in [0.1, 0.15) is 33.1 Å². The summed E-state index contributed by atoms with van der Waals surface area (Å²) < 4.78 is 10.4. The molecule has 2 rings (SSSR count). The molecule has 2 amide bonds. The van der Waals surface area contributed by atoms with Crippen molar-refractivity contribution in [1.29, 1.82) is 0 Å². The van der Waals surface area contributed by atoms with E-state index in [4.69, 9.17) is 9.47 Å². The van der Waals surface area contributed by atoms with Gasteiger partial charge < -0.3 is 19.7 Å². The van der Waals surface area contributed by atoms with Gasteiger partial charge in [-0.25, -0.2) is 4.79 Å². The van der Waals surface area contributed by atoms with E-state index < -0.39 is 0 Å². The minimum Gasteiger partial charge on any atom is -0.497 e. The number of piperidine rings is 1. The summed E-state index contributed by atoms with van der Waals surface area (Å²) in [5.41, 5.74) is 0.682. The predicted molar refractivity (Wildman–Crippen MR) is 83.2 cm³/mol. The summed E-state index contributed by atoms with van der Waals surface area (Å²) in [6.45, 7) is 4.20. The van der Waals surface area contributed by atoms with E-state index in [1.807, 2.05) is 4.90 Å². The number of benzene rings is 1. The first-order chi connectivity index (χ1) is 10.0. The predicted octanol–water partition coefficient (Wildman–Crippen LogP) is 3.50. The average Bonchev–Trinajstić information content (AvgIpc) is 2.46. The van der Waals surface area contributed by atoms with E-state index >= 15 is 0 Å². The summed E-state index contributed by atoms with van der Waals surface area (Å²) in [6, 6.07) is 5.83. The van der Waals surface area contributed by atoms with Crippen LogP contribution in [-0.4, -0.2) is 37.2 Å². The molecule has 116 valence electrons. The van der Waals surface area contributed by atoms with Crippen LogP contribution in [0.5, 0.6) is 11.5 Å². The molecule has 2 atom stereocenters. The van der Waals surface area contributed by atoms with Crippen LogP contribution in [0.25, 0.3) is 0 Å². The van der Waals surface area contributed by atoms with Crippen LogP contribution < -0.4 is 14.8 Å². The molecule has 1 saturated heterocycles. The Bertz CT molecular complexity index is 472. The fourth-order valence-electron chi connectivity index (χ4n) is 2.89. The molecule has 1 aliphatic heterocycles. The zero-order chi connectivity index (χ0) is 15.4. The van der Waals surface area contributed by atoms with Gasteiger partial charge in [0.25, 0.3) is 0 Å². The van der Waals surface area contributed by atoms with Crippen LogP contribution in [0.4, 0.5) is 10.5 Å². The van der Waals surface area contributed by atoms with Crippen LogP contribution in [-0.2, 0) is 0 Å². The third-order valence-corrected chi connectivity index (χ3v) is 4.03. The third kappa shape index (κ3) is 3.60. The molecule has 5 heteroatoms. The highest BCUT2D eigenvalue weighted by Crippen LogP contribution is 2.27. The van der Waals surface area contributed by atoms with Crippen molar-refractivity contribution in [2.75, 3.05) is 19.5 Å². The Balaban J connectivity index is 2.15. The maximum Gasteiger partial charge on any atom is 0.322 e. The quantitative estimate of drug-likeness (QED) is 0.927. The fourth-order valence-corrected chi connectivity index (χ4v) is 2.89. The number of hydrogen-bond acceptors (Lipinski definition) is 3. The number of likely N-dealkylation sites (tertiary alicyclic amines) is 1. The number of nitrogens with one attached hydrogen (secondary N) is 1. The number of hydrogen-bond donors (Lipinski definition) is 1. The molecule has 21 heavy (non-hydrogen) atoms. The van der Waals surface area contributed by atoms with Crippen molar-refractivity contribution in [3.8, 4) is 11.5 Å². The second kappa shape index (κ2) is 6.70. The van der Waals surface area contributed by atoms with Gasteiger partial charge in [-0.3, -0.25) is 0 Å². The van der Waals surface area contributed by atoms with Crippen molar-refractivity contribution in [3.05, 3.63) is 18.2 Å². The Kier molecular flexibility index (Phi) is 4.94. The topological polar surface area (TPSA) is 50.8 Å². The molecule has 0 bridgehead atoms. The molecule has 0 saturated carbocycles. The zero-order valence-electron chi connectivity index (χ0n) is 13.2. The van der Waals surface area contributed by atoms with Crippen molar-refractivity contribution < 1.29 is 14.3 Å². The van der Waals surface area contributed by atoms with Crippen LogP contribution in [0.15, 0.2) is 18.2 Å². The summed E-state index contributed by atoms with van der Waals surface area (Å²) in [7, 11) is 3.18. The van der Waals surface area contributed by atoms with Crippen molar-refractivity contribution in [2.24, 2.45) is 0 Å². The second-order valence-corrected chi connectivity index (χ2v) is 5.57. The monoisotopic (exact) mass is 292 g/mol. The average molecular weight is 292 g/mol. The van der Waals surface area contributed by atoms with Gasteiger partial charge in [0.05, 0.1) is 14.2 Å². The van der Waals surface area contributed by atoms with E-state index in [-0.39, 0.29) is 18.1 Å². The van der Waals surface area contributed by atoms with Gasteiger partial charge in [-0.2, -0.15) is 0 Å². The molecule has 0 radical (unpaired) electrons. The molecular weight excluding hydrogens is 268 g/mol. The molecule has 1 aromatic rings. The number of amides is 2. The number of carbonyl (C=O) groups excluding carboxylic acids is 1. The highest BCUT2D eigenvalue weighted by Gasteiger charge is 2.29. The van der Waals surface area contributed by atoms with E-state index in [0.717, 1.165) is 12.8 Å². The zero-order valence-corrected chi connectivity index (χ0v) is 13.2. The van der Waals surface area contributed by atoms with Crippen LogP contribution in [0, 0.1) is 0 Å². The molecule has 0 spiro atoms. The summed E-state index contributed by atoms with van der Waals surface area (Å²) >= 11 is 0. The third-order valence-electron chi connectivity index (χ3n) is 4.03. The maximum atomic E-state index is 12.5. The summed E-state index contributed by atoms with van der Waals surface area (Å²) in [4.78, 5) is 14.4. The Hall–Kier alpha value is -1.91. The first-order valence-electron chi connectivity index (χ1n) is 7.37. The molecule has 0 aliphatic carbocycles. The molecule has 1 heterocycles. The minimum atomic E-state index is -0.0648. The molecule has 5 nitrogen and oxygen atoms in total. The van der Waals surface area contributed by atoms with Gasteiger partial charge in [0.15, 0.2) is 0 Å². The number of anilines is 1. The van der Waals surface area contributed by atoms with Crippen LogP contribution in [0.2, 0.25) is 0 Å². The van der Waals surface area contributed by atoms with Gasteiger partial charge in [0, 0.05) is 36.0 Å². The Morgan fingerprint density at radius 1 is 1.10 bits per heavy atom. The number of carbonyl (C=O) groups is 1. The lowest BCUT2D eigenvalue weighted by atomic mass is 9.98. The van der Waals surface area contributed by atoms with Crippen LogP contribution >= 0.6 is 0 Å². The lowest BCUT2D eigenvalue weighted by Crippen LogP contribution is -2.49. The van der Waals surface area contributed by atoms with Crippen molar-refractivity contribution in [3.63, 3.8) is 0 Å². The first-order valence-corrected chi connectivity index (χ1v) is 7.37. The van der Waals surface area contributed by atoms with Crippen molar-refractivity contribution in [1.82, 2.24) is 4.90 Å². The van der Waals surface area contributed by atoms with Gasteiger partial charge in [-0.05, 0) is 33.1 Å². The van der Waals surface area contributed by atoms with Crippen molar-refractivity contribution in [2.45, 2.75) is 45.2 Å². The van der Waals surface area contributed by atoms with Crippen LogP contribution in [0.3, 0.4) is 0 Å². The number of methoxy groups -OCH3 is 2. The minimum absolute atomic E-state index is 0.0648. The smallest absolute Gasteiger partial charge is 0.322 e. The fraction of sp³-hybridized carbons (Fsp3) is 0.562. The van der Waals surface area contributed by atoms with E-state index in [2.05, 4.69) is 19.2 Å². The van der Waals surface area contributed by atoms with Gasteiger partial charge in [-0.15, -0.1) is 0 Å². The summed E-state index contributed by atoms with van der Waals surface area (Å²) in [5, 5.41) is 2.95. The standard InChI is InChI=1S/C16H24N2O3/c1-11-6-5-7-12(2)18(11)16(19)17-13-8-14(20-3)10-15(9-13)21-4/h8-12H,5-7H2,1-4H3,(H,17,19). The molecule has 0 aromatic heterocycles. The lowest BCUT2D eigenvalue weighted by Gasteiger charge is -2.38. The molecule has 1 fully saturated rings. The first kappa shape index (κ1) is 15.5. The molecule has 2 unspecified atom stereocenters. The van der Waals surface area contributed by atoms with E-state index in [0.29, 0.717) is 17.2 Å². The molecule has 1 aromatic carbocycles. The molecule has 1 aliphatic rings. The van der Waals surface area contributed by atoms with Crippen molar-refractivity contribution >= 4 is 11.7 Å². The maximum absolute atomic E-state index is 12.5. The van der Waals surface area contributed by atoms with E-state index in [1.54, 1.807) is 32.4 Å². The molecule has 1 N–H and O–H groups in total. The van der Waals surface area contributed by atoms with Gasteiger partial charge in [-0.1, -0.05) is 0 Å². The number of nitrogens with zero attached hydrogens (tertiary/aromatic N) is 1. The Labute approximate surface area is 126 Å². The number of ether oxygens (including phenoxy) is 2. The largest absolute Gasteiger partial charge is 0.497 e. The number of rotatable bonds is 3. The lowest BCUT2D eigenvalue weighted by molar-refractivity contribution is 0.133. The number of urea groups is 1. The highest BCUT2D eigenvalue weighted by atomic mass is 16.5. The summed E-state index contributed by atoms with van der Waals surface area (Å²) in [5.74, 6) is 1.31. The van der Waals surface area contributed by atoms with Gasteiger partial charge in [0.2, 0.25) is 0 Å². The Morgan fingerprint density at radius 3 is 2.10 bits per heavy atom. The Morgan fingerprint density at radius 2 is 1.62 bits per heavy atom. The highest BCUT2D eigenvalue weighted by molar-refractivity contribution is 5.90. The van der Waals surface area contributed by atoms with Gasteiger partial charge >= 0.3 is 6.03 Å². The SMILES string of the molecule is COc1cc(NC(=O)N2C(C)CCCC2C)cc(OC)c1. The second-order valence-electron chi connectivity index (χ2n) is 5.57. The van der Waals surface area contributed by atoms with Gasteiger partial charge in [0.1, 0.15) is 11.5 Å². The molecular formula is C16H24N2O3.